The molecule has 0 aliphatic rings. The Labute approximate surface area is 91.8 Å². The molecule has 1 aromatic carbocycles. The molecule has 1 rings (SSSR count). The first kappa shape index (κ1) is 11.9. The SMILES string of the molecule is CCNc1ccc(NCCOC)c(C)c1. The molecule has 0 fully saturated rings. The van der Waals surface area contributed by atoms with Crippen molar-refractivity contribution < 1.29 is 4.74 Å². The molecule has 0 heterocycles. The lowest BCUT2D eigenvalue weighted by Gasteiger charge is -2.11. The third kappa shape index (κ3) is 3.80. The predicted octanol–water partition coefficient (Wildman–Crippen LogP) is 2.49. The number of hydrogen-bond acceptors (Lipinski definition) is 3. The molecule has 0 atom stereocenters. The van der Waals surface area contributed by atoms with Crippen LogP contribution in [0.5, 0.6) is 0 Å². The second-order valence-corrected chi connectivity index (χ2v) is 3.48. The van der Waals surface area contributed by atoms with Gasteiger partial charge in [0, 0.05) is 31.6 Å². The molecule has 3 heteroatoms. The van der Waals surface area contributed by atoms with E-state index >= 15 is 0 Å². The summed E-state index contributed by atoms with van der Waals surface area (Å²) in [4.78, 5) is 0. The van der Waals surface area contributed by atoms with Crippen LogP contribution in [0.25, 0.3) is 0 Å². The second-order valence-electron chi connectivity index (χ2n) is 3.48. The lowest BCUT2D eigenvalue weighted by Crippen LogP contribution is -2.08. The Morgan fingerprint density at radius 1 is 1.27 bits per heavy atom. The maximum Gasteiger partial charge on any atom is 0.0635 e. The molecule has 84 valence electrons. The molecule has 1 aromatic rings. The molecular formula is C12H20N2O. The Morgan fingerprint density at radius 2 is 2.07 bits per heavy atom. The molecule has 0 radical (unpaired) electrons. The van der Waals surface area contributed by atoms with Gasteiger partial charge >= 0.3 is 0 Å². The quantitative estimate of drug-likeness (QED) is 0.705. The highest BCUT2D eigenvalue weighted by Crippen LogP contribution is 2.19. The van der Waals surface area contributed by atoms with Crippen LogP contribution in [0, 0.1) is 6.92 Å². The molecule has 0 saturated carbocycles. The number of hydrogen-bond donors (Lipinski definition) is 2. The van der Waals surface area contributed by atoms with Crippen LogP contribution in [0.15, 0.2) is 18.2 Å². The monoisotopic (exact) mass is 208 g/mol. The normalized spacial score (nSPS) is 10.1. The van der Waals surface area contributed by atoms with Gasteiger partial charge in [0.1, 0.15) is 0 Å². The van der Waals surface area contributed by atoms with Gasteiger partial charge in [0.15, 0.2) is 0 Å². The summed E-state index contributed by atoms with van der Waals surface area (Å²) in [5, 5.41) is 6.62. The number of ether oxygens (including phenoxy) is 1. The number of nitrogens with one attached hydrogen (secondary N) is 2. The summed E-state index contributed by atoms with van der Waals surface area (Å²) in [7, 11) is 1.71. The van der Waals surface area contributed by atoms with Crippen molar-refractivity contribution in [1.29, 1.82) is 0 Å². The molecule has 0 unspecified atom stereocenters. The van der Waals surface area contributed by atoms with Gasteiger partial charge in [-0.25, -0.2) is 0 Å². The van der Waals surface area contributed by atoms with Gasteiger partial charge in [-0.05, 0) is 37.6 Å². The zero-order valence-corrected chi connectivity index (χ0v) is 9.76. The standard InChI is InChI=1S/C12H20N2O/c1-4-13-11-5-6-12(10(2)9-11)14-7-8-15-3/h5-6,9,13-14H,4,7-8H2,1-3H3. The Balaban J connectivity index is 2.58. The molecular weight excluding hydrogens is 188 g/mol. The molecule has 2 N–H and O–H groups in total. The van der Waals surface area contributed by atoms with E-state index in [1.165, 1.54) is 16.9 Å². The van der Waals surface area contributed by atoms with Gasteiger partial charge in [-0.2, -0.15) is 0 Å². The largest absolute Gasteiger partial charge is 0.385 e. The van der Waals surface area contributed by atoms with Crippen LogP contribution in [-0.2, 0) is 4.74 Å². The van der Waals surface area contributed by atoms with E-state index in [1.807, 2.05) is 0 Å². The van der Waals surface area contributed by atoms with Crippen LogP contribution in [-0.4, -0.2) is 26.8 Å². The van der Waals surface area contributed by atoms with Crippen LogP contribution < -0.4 is 10.6 Å². The minimum Gasteiger partial charge on any atom is -0.385 e. The minimum atomic E-state index is 0.731. The molecule has 0 spiro atoms. The van der Waals surface area contributed by atoms with Gasteiger partial charge in [0.05, 0.1) is 6.61 Å². The zero-order valence-electron chi connectivity index (χ0n) is 9.76. The van der Waals surface area contributed by atoms with Crippen molar-refractivity contribution in [3.63, 3.8) is 0 Å². The highest BCUT2D eigenvalue weighted by Gasteiger charge is 1.98. The van der Waals surface area contributed by atoms with Gasteiger partial charge in [0.2, 0.25) is 0 Å². The summed E-state index contributed by atoms with van der Waals surface area (Å²) in [6.07, 6.45) is 0. The number of methoxy groups -OCH3 is 1. The fourth-order valence-electron chi connectivity index (χ4n) is 1.46. The Morgan fingerprint density at radius 3 is 2.67 bits per heavy atom. The van der Waals surface area contributed by atoms with E-state index in [1.54, 1.807) is 7.11 Å². The minimum absolute atomic E-state index is 0.731. The molecule has 0 saturated heterocycles. The van der Waals surface area contributed by atoms with Crippen molar-refractivity contribution in [3.05, 3.63) is 23.8 Å². The van der Waals surface area contributed by atoms with E-state index in [9.17, 15) is 0 Å². The van der Waals surface area contributed by atoms with Crippen molar-refractivity contribution in [2.75, 3.05) is 37.4 Å². The number of aryl methyl sites for hydroxylation is 1. The van der Waals surface area contributed by atoms with Crippen molar-refractivity contribution in [2.24, 2.45) is 0 Å². The molecule has 0 aliphatic carbocycles. The summed E-state index contributed by atoms with van der Waals surface area (Å²) in [5.41, 5.74) is 3.60. The lowest BCUT2D eigenvalue weighted by molar-refractivity contribution is 0.211. The van der Waals surface area contributed by atoms with Crippen LogP contribution in [0.3, 0.4) is 0 Å². The van der Waals surface area contributed by atoms with E-state index in [-0.39, 0.29) is 0 Å². The van der Waals surface area contributed by atoms with E-state index in [4.69, 9.17) is 4.74 Å². The van der Waals surface area contributed by atoms with Crippen molar-refractivity contribution >= 4 is 11.4 Å². The first-order chi connectivity index (χ1) is 7.27. The lowest BCUT2D eigenvalue weighted by atomic mass is 10.1. The number of benzene rings is 1. The van der Waals surface area contributed by atoms with E-state index in [0.717, 1.165) is 19.7 Å². The van der Waals surface area contributed by atoms with Gasteiger partial charge < -0.3 is 15.4 Å². The van der Waals surface area contributed by atoms with Crippen molar-refractivity contribution in [2.45, 2.75) is 13.8 Å². The third-order valence-corrected chi connectivity index (χ3v) is 2.23. The first-order valence-electron chi connectivity index (χ1n) is 5.35. The van der Waals surface area contributed by atoms with Crippen molar-refractivity contribution in [1.82, 2.24) is 0 Å². The third-order valence-electron chi connectivity index (χ3n) is 2.23. The summed E-state index contributed by atoms with van der Waals surface area (Å²) in [6, 6.07) is 6.34. The fourth-order valence-corrected chi connectivity index (χ4v) is 1.46. The molecule has 15 heavy (non-hydrogen) atoms. The number of anilines is 2. The summed E-state index contributed by atoms with van der Waals surface area (Å²) in [5.74, 6) is 0. The van der Waals surface area contributed by atoms with Crippen molar-refractivity contribution in [3.8, 4) is 0 Å². The van der Waals surface area contributed by atoms with E-state index in [0.29, 0.717) is 0 Å². The highest BCUT2D eigenvalue weighted by molar-refractivity contribution is 5.59. The maximum atomic E-state index is 4.99. The van der Waals surface area contributed by atoms with Gasteiger partial charge in [0.25, 0.3) is 0 Å². The first-order valence-corrected chi connectivity index (χ1v) is 5.35. The average molecular weight is 208 g/mol. The average Bonchev–Trinajstić information content (AvgIpc) is 2.22. The Bertz CT molecular complexity index is 300. The van der Waals surface area contributed by atoms with Crippen LogP contribution >= 0.6 is 0 Å². The van der Waals surface area contributed by atoms with E-state index in [2.05, 4.69) is 42.7 Å². The van der Waals surface area contributed by atoms with Gasteiger partial charge in [-0.15, -0.1) is 0 Å². The maximum absolute atomic E-state index is 4.99. The zero-order chi connectivity index (χ0) is 11.1. The van der Waals surface area contributed by atoms with Gasteiger partial charge in [-0.3, -0.25) is 0 Å². The summed E-state index contributed by atoms with van der Waals surface area (Å²) in [6.45, 7) is 6.73. The second kappa shape index (κ2) is 6.30. The summed E-state index contributed by atoms with van der Waals surface area (Å²) < 4.78 is 4.99. The Hall–Kier alpha value is -1.22. The number of rotatable bonds is 6. The van der Waals surface area contributed by atoms with Crippen LogP contribution in [0.2, 0.25) is 0 Å². The van der Waals surface area contributed by atoms with Gasteiger partial charge in [-0.1, -0.05) is 0 Å². The summed E-state index contributed by atoms with van der Waals surface area (Å²) >= 11 is 0. The molecule has 3 nitrogen and oxygen atoms in total. The topological polar surface area (TPSA) is 33.3 Å². The van der Waals surface area contributed by atoms with Crippen LogP contribution in [0.4, 0.5) is 11.4 Å². The fraction of sp³-hybridized carbons (Fsp3) is 0.500. The molecule has 0 bridgehead atoms. The predicted molar refractivity (Wildman–Crippen MR) is 65.7 cm³/mol. The molecule has 0 aromatic heterocycles. The highest BCUT2D eigenvalue weighted by atomic mass is 16.5. The smallest absolute Gasteiger partial charge is 0.0635 e. The van der Waals surface area contributed by atoms with Crippen LogP contribution in [0.1, 0.15) is 12.5 Å². The molecule has 0 aliphatic heterocycles. The van der Waals surface area contributed by atoms with E-state index < -0.39 is 0 Å². The Kier molecular flexibility index (Phi) is 4.98. The molecule has 0 amide bonds.